The number of nitrogens with one attached hydrogen (secondary N) is 1. The number of sulfone groups is 1. The van der Waals surface area contributed by atoms with Gasteiger partial charge in [-0.3, -0.25) is 0 Å². The fourth-order valence-corrected chi connectivity index (χ4v) is 5.14. The van der Waals surface area contributed by atoms with Crippen LogP contribution >= 0.6 is 0 Å². The van der Waals surface area contributed by atoms with Crippen molar-refractivity contribution in [1.29, 1.82) is 0 Å². The van der Waals surface area contributed by atoms with Gasteiger partial charge in [-0.05, 0) is 68.6 Å². The SMILES string of the molecule is CCCNCCCc1ccc2c(c1)S(=O)(=O)C(C)=C2c1ccc(C(F)(F)F)cc1. The van der Waals surface area contributed by atoms with Crippen molar-refractivity contribution < 1.29 is 21.6 Å². The van der Waals surface area contributed by atoms with Crippen LogP contribution in [-0.2, 0) is 22.4 Å². The highest BCUT2D eigenvalue weighted by molar-refractivity contribution is 7.95. The number of rotatable bonds is 7. The summed E-state index contributed by atoms with van der Waals surface area (Å²) < 4.78 is 64.3. The number of benzene rings is 2. The molecule has 0 amide bonds. The number of fused-ring (bicyclic) bond motifs is 1. The number of alkyl halides is 3. The number of hydrogen-bond acceptors (Lipinski definition) is 3. The molecule has 0 fully saturated rings. The van der Waals surface area contributed by atoms with Gasteiger partial charge in [-0.15, -0.1) is 0 Å². The number of aryl methyl sites for hydroxylation is 1. The van der Waals surface area contributed by atoms with E-state index in [-0.39, 0.29) is 9.80 Å². The molecule has 3 rings (SSSR count). The zero-order valence-corrected chi connectivity index (χ0v) is 17.3. The monoisotopic (exact) mass is 423 g/mol. The second kappa shape index (κ2) is 8.32. The van der Waals surface area contributed by atoms with Gasteiger partial charge >= 0.3 is 6.18 Å². The van der Waals surface area contributed by atoms with Gasteiger partial charge in [0, 0.05) is 11.1 Å². The maximum atomic E-state index is 12.9. The van der Waals surface area contributed by atoms with Crippen LogP contribution in [-0.4, -0.2) is 21.5 Å². The lowest BCUT2D eigenvalue weighted by Gasteiger charge is -2.10. The van der Waals surface area contributed by atoms with E-state index in [2.05, 4.69) is 12.2 Å². The van der Waals surface area contributed by atoms with Gasteiger partial charge in [0.2, 0.25) is 9.84 Å². The van der Waals surface area contributed by atoms with Gasteiger partial charge in [-0.25, -0.2) is 8.42 Å². The van der Waals surface area contributed by atoms with Gasteiger partial charge < -0.3 is 5.32 Å². The number of halogens is 3. The molecule has 0 spiro atoms. The average molecular weight is 424 g/mol. The quantitative estimate of drug-likeness (QED) is 0.623. The van der Waals surface area contributed by atoms with E-state index in [1.165, 1.54) is 19.1 Å². The molecular weight excluding hydrogens is 399 g/mol. The predicted octanol–water partition coefficient (Wildman–Crippen LogP) is 5.20. The van der Waals surface area contributed by atoms with E-state index < -0.39 is 21.6 Å². The molecule has 1 aliphatic rings. The normalized spacial score (nSPS) is 15.6. The topological polar surface area (TPSA) is 46.2 Å². The molecule has 0 unspecified atom stereocenters. The Morgan fingerprint density at radius 3 is 2.31 bits per heavy atom. The second-order valence-electron chi connectivity index (χ2n) is 7.19. The number of allylic oxidation sites excluding steroid dienone is 1. The summed E-state index contributed by atoms with van der Waals surface area (Å²) in [7, 11) is -3.64. The zero-order valence-electron chi connectivity index (χ0n) is 16.4. The molecule has 0 saturated carbocycles. The van der Waals surface area contributed by atoms with Crippen LogP contribution in [0, 0.1) is 0 Å². The van der Waals surface area contributed by atoms with E-state index in [1.807, 2.05) is 6.07 Å². The molecule has 2 aromatic rings. The van der Waals surface area contributed by atoms with Crippen molar-refractivity contribution in [3.05, 3.63) is 69.6 Å². The fraction of sp³-hybridized carbons (Fsp3) is 0.364. The summed E-state index contributed by atoms with van der Waals surface area (Å²) in [6, 6.07) is 10.0. The van der Waals surface area contributed by atoms with Crippen LogP contribution < -0.4 is 5.32 Å². The average Bonchev–Trinajstić information content (AvgIpc) is 2.87. The van der Waals surface area contributed by atoms with E-state index in [1.54, 1.807) is 12.1 Å². The van der Waals surface area contributed by atoms with Crippen LogP contribution in [0.3, 0.4) is 0 Å². The first-order chi connectivity index (χ1) is 13.7. The minimum Gasteiger partial charge on any atom is -0.317 e. The lowest BCUT2D eigenvalue weighted by atomic mass is 9.95. The lowest BCUT2D eigenvalue weighted by molar-refractivity contribution is -0.137. The first-order valence-corrected chi connectivity index (χ1v) is 11.1. The second-order valence-corrected chi connectivity index (χ2v) is 9.25. The molecule has 1 aliphatic heterocycles. The highest BCUT2D eigenvalue weighted by Crippen LogP contribution is 2.43. The summed E-state index contributed by atoms with van der Waals surface area (Å²) in [6.45, 7) is 5.43. The standard InChI is InChI=1S/C22H24F3NO2S/c1-3-12-26-13-4-5-16-6-11-19-20(14-16)29(27,28)15(2)21(19)17-7-9-18(10-8-17)22(23,24)25/h6-11,14,26H,3-5,12-13H2,1-2H3. The van der Waals surface area contributed by atoms with Crippen LogP contribution in [0.5, 0.6) is 0 Å². The highest BCUT2D eigenvalue weighted by atomic mass is 32.2. The molecular formula is C22H24F3NO2S. The smallest absolute Gasteiger partial charge is 0.317 e. The third kappa shape index (κ3) is 4.41. The van der Waals surface area contributed by atoms with Crippen molar-refractivity contribution in [1.82, 2.24) is 5.32 Å². The summed E-state index contributed by atoms with van der Waals surface area (Å²) in [5, 5.41) is 3.32. The van der Waals surface area contributed by atoms with Crippen molar-refractivity contribution in [2.75, 3.05) is 13.1 Å². The number of hydrogen-bond donors (Lipinski definition) is 1. The largest absolute Gasteiger partial charge is 0.416 e. The molecule has 0 radical (unpaired) electrons. The van der Waals surface area contributed by atoms with Crippen LogP contribution in [0.25, 0.3) is 5.57 Å². The molecule has 7 heteroatoms. The molecule has 156 valence electrons. The molecule has 0 aromatic heterocycles. The van der Waals surface area contributed by atoms with E-state index in [0.717, 1.165) is 50.0 Å². The van der Waals surface area contributed by atoms with Gasteiger partial charge in [0.1, 0.15) is 0 Å². The molecule has 1 heterocycles. The summed E-state index contributed by atoms with van der Waals surface area (Å²) in [5.41, 5.74) is 1.68. The van der Waals surface area contributed by atoms with E-state index >= 15 is 0 Å². The minimum atomic E-state index is -4.43. The van der Waals surface area contributed by atoms with Crippen LogP contribution in [0.2, 0.25) is 0 Å². The van der Waals surface area contributed by atoms with Crippen LogP contribution in [0.1, 0.15) is 48.9 Å². The van der Waals surface area contributed by atoms with E-state index in [4.69, 9.17) is 0 Å². The summed E-state index contributed by atoms with van der Waals surface area (Å²) in [5.74, 6) is 0. The fourth-order valence-electron chi connectivity index (χ4n) is 3.54. The van der Waals surface area contributed by atoms with Gasteiger partial charge in [-0.2, -0.15) is 13.2 Å². The Labute approximate surface area is 169 Å². The summed E-state index contributed by atoms with van der Waals surface area (Å²) in [6.07, 6.45) is -1.71. The molecule has 0 bridgehead atoms. The minimum absolute atomic E-state index is 0.175. The Hall–Kier alpha value is -2.12. The third-order valence-corrected chi connectivity index (χ3v) is 7.03. The third-order valence-electron chi connectivity index (χ3n) is 5.11. The zero-order chi connectivity index (χ0) is 21.2. The maximum Gasteiger partial charge on any atom is 0.416 e. The van der Waals surface area contributed by atoms with Crippen molar-refractivity contribution in [3.8, 4) is 0 Å². The van der Waals surface area contributed by atoms with Crippen LogP contribution in [0.4, 0.5) is 13.2 Å². The molecule has 2 aromatic carbocycles. The van der Waals surface area contributed by atoms with Crippen LogP contribution in [0.15, 0.2) is 52.3 Å². The summed E-state index contributed by atoms with van der Waals surface area (Å²) in [4.78, 5) is 0.415. The Bertz CT molecular complexity index is 1020. The molecule has 0 aliphatic carbocycles. The first-order valence-electron chi connectivity index (χ1n) is 9.64. The van der Waals surface area contributed by atoms with Crippen molar-refractivity contribution in [2.45, 2.75) is 44.2 Å². The molecule has 0 atom stereocenters. The van der Waals surface area contributed by atoms with Crippen molar-refractivity contribution in [3.63, 3.8) is 0 Å². The summed E-state index contributed by atoms with van der Waals surface area (Å²) >= 11 is 0. The molecule has 3 nitrogen and oxygen atoms in total. The Balaban J connectivity index is 1.90. The Morgan fingerprint density at radius 2 is 1.69 bits per heavy atom. The van der Waals surface area contributed by atoms with Gasteiger partial charge in [-0.1, -0.05) is 31.2 Å². The van der Waals surface area contributed by atoms with Gasteiger partial charge in [0.15, 0.2) is 0 Å². The maximum absolute atomic E-state index is 12.9. The van der Waals surface area contributed by atoms with E-state index in [9.17, 15) is 21.6 Å². The molecule has 1 N–H and O–H groups in total. The Kier molecular flexibility index (Phi) is 6.19. The van der Waals surface area contributed by atoms with Crippen molar-refractivity contribution in [2.24, 2.45) is 0 Å². The lowest BCUT2D eigenvalue weighted by Crippen LogP contribution is -2.16. The first kappa shape index (κ1) is 21.6. The Morgan fingerprint density at radius 1 is 1.00 bits per heavy atom. The molecule has 29 heavy (non-hydrogen) atoms. The van der Waals surface area contributed by atoms with Gasteiger partial charge in [0.25, 0.3) is 0 Å². The van der Waals surface area contributed by atoms with Crippen molar-refractivity contribution >= 4 is 15.4 Å². The van der Waals surface area contributed by atoms with E-state index in [0.29, 0.717) is 16.7 Å². The predicted molar refractivity (Wildman–Crippen MR) is 108 cm³/mol. The van der Waals surface area contributed by atoms with Gasteiger partial charge in [0.05, 0.1) is 15.4 Å². The molecule has 0 saturated heterocycles. The highest BCUT2D eigenvalue weighted by Gasteiger charge is 2.34.